The van der Waals surface area contributed by atoms with Gasteiger partial charge < -0.3 is 10.4 Å². The number of phenolic OH excluding ortho intramolecular Hbond substituents is 1. The van der Waals surface area contributed by atoms with Gasteiger partial charge in [-0.2, -0.15) is 0 Å². The largest absolute Gasteiger partial charge is 0.505 e. The molecule has 0 fully saturated rings. The van der Waals surface area contributed by atoms with Crippen LogP contribution in [0, 0.1) is 11.7 Å². The molecule has 0 spiro atoms. The molecule has 0 bridgehead atoms. The first-order chi connectivity index (χ1) is 7.41. The number of rotatable bonds is 3. The van der Waals surface area contributed by atoms with E-state index >= 15 is 0 Å². The van der Waals surface area contributed by atoms with Crippen molar-refractivity contribution in [3.63, 3.8) is 0 Å². The van der Waals surface area contributed by atoms with Crippen LogP contribution >= 0.6 is 15.9 Å². The predicted molar refractivity (Wildman–Crippen MR) is 64.2 cm³/mol. The number of carbonyl (C=O) groups is 1. The third-order valence-corrected chi connectivity index (χ3v) is 3.52. The molecule has 1 aromatic carbocycles. The molecule has 16 heavy (non-hydrogen) atoms. The Balaban J connectivity index is 2.74. The van der Waals surface area contributed by atoms with E-state index in [2.05, 4.69) is 21.2 Å². The van der Waals surface area contributed by atoms with E-state index in [1.807, 2.05) is 13.8 Å². The lowest BCUT2D eigenvalue weighted by Crippen LogP contribution is -2.26. The zero-order chi connectivity index (χ0) is 12.3. The van der Waals surface area contributed by atoms with E-state index in [9.17, 15) is 9.18 Å². The lowest BCUT2D eigenvalue weighted by molar-refractivity contribution is -0.116. The second-order valence-corrected chi connectivity index (χ2v) is 4.79. The Labute approximate surface area is 102 Å². The highest BCUT2D eigenvalue weighted by Crippen LogP contribution is 2.21. The number of hydrogen-bond acceptors (Lipinski definition) is 2. The zero-order valence-corrected chi connectivity index (χ0v) is 10.6. The predicted octanol–water partition coefficient (Wildman–Crippen LogP) is 2.89. The summed E-state index contributed by atoms with van der Waals surface area (Å²) in [6, 6.07) is 3.72. The smallest absolute Gasteiger partial charge is 0.238 e. The van der Waals surface area contributed by atoms with Crippen molar-refractivity contribution >= 4 is 27.5 Å². The zero-order valence-electron chi connectivity index (χ0n) is 9.00. The van der Waals surface area contributed by atoms with Crippen molar-refractivity contribution in [2.45, 2.75) is 18.7 Å². The van der Waals surface area contributed by atoms with Crippen molar-refractivity contribution in [1.82, 2.24) is 0 Å². The molecule has 0 radical (unpaired) electrons. The van der Waals surface area contributed by atoms with Gasteiger partial charge in [0.15, 0.2) is 11.6 Å². The fraction of sp³-hybridized carbons (Fsp3) is 0.364. The van der Waals surface area contributed by atoms with Gasteiger partial charge in [0.05, 0.1) is 4.83 Å². The summed E-state index contributed by atoms with van der Waals surface area (Å²) in [5, 5.41) is 11.5. The molecule has 1 aromatic rings. The van der Waals surface area contributed by atoms with Crippen LogP contribution in [0.1, 0.15) is 13.8 Å². The van der Waals surface area contributed by atoms with Crippen LogP contribution in [0.25, 0.3) is 0 Å². The monoisotopic (exact) mass is 289 g/mol. The SMILES string of the molecule is CC(C)C(Br)C(=O)Nc1ccc(O)c(F)c1. The number of halogens is 2. The fourth-order valence-electron chi connectivity index (χ4n) is 1.10. The number of amides is 1. The molecule has 0 aromatic heterocycles. The average molecular weight is 290 g/mol. The second kappa shape index (κ2) is 5.30. The molecule has 0 saturated heterocycles. The summed E-state index contributed by atoms with van der Waals surface area (Å²) in [7, 11) is 0. The van der Waals surface area contributed by atoms with Gasteiger partial charge in [-0.25, -0.2) is 4.39 Å². The van der Waals surface area contributed by atoms with Gasteiger partial charge in [0.1, 0.15) is 0 Å². The molecule has 1 atom stereocenters. The first-order valence-corrected chi connectivity index (χ1v) is 5.77. The van der Waals surface area contributed by atoms with Crippen LogP contribution in [-0.2, 0) is 4.79 Å². The summed E-state index contributed by atoms with van der Waals surface area (Å²) in [5.74, 6) is -1.28. The van der Waals surface area contributed by atoms with Crippen molar-refractivity contribution in [2.75, 3.05) is 5.32 Å². The molecule has 0 aliphatic carbocycles. The molecule has 1 amide bonds. The van der Waals surface area contributed by atoms with Gasteiger partial charge >= 0.3 is 0 Å². The summed E-state index contributed by atoms with van der Waals surface area (Å²) in [6.07, 6.45) is 0. The molecule has 0 aliphatic heterocycles. The minimum atomic E-state index is -0.756. The quantitative estimate of drug-likeness (QED) is 0.664. The standard InChI is InChI=1S/C11H13BrFNO2/c1-6(2)10(12)11(16)14-7-3-4-9(15)8(13)5-7/h3-6,10,15H,1-2H3,(H,14,16). The lowest BCUT2D eigenvalue weighted by Gasteiger charge is -2.13. The summed E-state index contributed by atoms with van der Waals surface area (Å²) in [4.78, 5) is 11.3. The van der Waals surface area contributed by atoms with Gasteiger partial charge in [0.25, 0.3) is 0 Å². The minimum absolute atomic E-state index is 0.141. The molecular formula is C11H13BrFNO2. The second-order valence-electron chi connectivity index (χ2n) is 3.80. The highest BCUT2D eigenvalue weighted by molar-refractivity contribution is 9.10. The number of benzene rings is 1. The van der Waals surface area contributed by atoms with Gasteiger partial charge in [-0.15, -0.1) is 0 Å². The van der Waals surface area contributed by atoms with Crippen LogP contribution in [0.3, 0.4) is 0 Å². The van der Waals surface area contributed by atoms with Crippen molar-refractivity contribution in [3.05, 3.63) is 24.0 Å². The number of phenols is 1. The van der Waals surface area contributed by atoms with E-state index < -0.39 is 11.6 Å². The highest BCUT2D eigenvalue weighted by atomic mass is 79.9. The Morgan fingerprint density at radius 2 is 2.12 bits per heavy atom. The lowest BCUT2D eigenvalue weighted by atomic mass is 10.1. The van der Waals surface area contributed by atoms with E-state index in [1.54, 1.807) is 0 Å². The third kappa shape index (κ3) is 3.20. The number of aromatic hydroxyl groups is 1. The molecule has 3 nitrogen and oxygen atoms in total. The normalized spacial score (nSPS) is 12.6. The number of carbonyl (C=O) groups excluding carboxylic acids is 1. The van der Waals surface area contributed by atoms with Crippen molar-refractivity contribution in [3.8, 4) is 5.75 Å². The van der Waals surface area contributed by atoms with E-state index in [0.29, 0.717) is 5.69 Å². The van der Waals surface area contributed by atoms with Crippen LogP contribution in [0.15, 0.2) is 18.2 Å². The van der Waals surface area contributed by atoms with Crippen molar-refractivity contribution in [1.29, 1.82) is 0 Å². The summed E-state index contributed by atoms with van der Waals surface area (Å²) >= 11 is 3.24. The van der Waals surface area contributed by atoms with Gasteiger partial charge in [0, 0.05) is 11.8 Å². The van der Waals surface area contributed by atoms with Crippen LogP contribution < -0.4 is 5.32 Å². The molecule has 2 N–H and O–H groups in total. The minimum Gasteiger partial charge on any atom is -0.505 e. The molecular weight excluding hydrogens is 277 g/mol. The third-order valence-electron chi connectivity index (χ3n) is 2.05. The maximum Gasteiger partial charge on any atom is 0.238 e. The van der Waals surface area contributed by atoms with E-state index in [0.717, 1.165) is 6.07 Å². The Hall–Kier alpha value is -1.10. The van der Waals surface area contributed by atoms with Gasteiger partial charge in [0.2, 0.25) is 5.91 Å². The molecule has 1 rings (SSSR count). The number of alkyl halides is 1. The van der Waals surface area contributed by atoms with Crippen molar-refractivity contribution < 1.29 is 14.3 Å². The topological polar surface area (TPSA) is 49.3 Å². The van der Waals surface area contributed by atoms with Crippen LogP contribution in [0.2, 0.25) is 0 Å². The summed E-state index contributed by atoms with van der Waals surface area (Å²) in [5.41, 5.74) is 0.324. The van der Waals surface area contributed by atoms with Crippen LogP contribution in [0.4, 0.5) is 10.1 Å². The van der Waals surface area contributed by atoms with Crippen molar-refractivity contribution in [2.24, 2.45) is 5.92 Å². The Bertz CT molecular complexity index is 396. The molecule has 1 unspecified atom stereocenters. The Morgan fingerprint density at radius 3 is 2.62 bits per heavy atom. The first kappa shape index (κ1) is 13.0. The van der Waals surface area contributed by atoms with Gasteiger partial charge in [-0.3, -0.25) is 4.79 Å². The van der Waals surface area contributed by atoms with E-state index in [1.165, 1.54) is 12.1 Å². The summed E-state index contributed by atoms with van der Waals surface area (Å²) in [6.45, 7) is 3.80. The number of nitrogens with one attached hydrogen (secondary N) is 1. The molecule has 0 heterocycles. The molecule has 5 heteroatoms. The first-order valence-electron chi connectivity index (χ1n) is 4.85. The Kier molecular flexibility index (Phi) is 4.29. The van der Waals surface area contributed by atoms with Crippen LogP contribution in [-0.4, -0.2) is 15.8 Å². The highest BCUT2D eigenvalue weighted by Gasteiger charge is 2.18. The van der Waals surface area contributed by atoms with Crippen LogP contribution in [0.5, 0.6) is 5.75 Å². The number of hydrogen-bond donors (Lipinski definition) is 2. The van der Waals surface area contributed by atoms with E-state index in [-0.39, 0.29) is 16.7 Å². The number of anilines is 1. The molecule has 0 saturated carbocycles. The molecule has 0 aliphatic rings. The van der Waals surface area contributed by atoms with Gasteiger partial charge in [-0.1, -0.05) is 29.8 Å². The summed E-state index contributed by atoms with van der Waals surface area (Å²) < 4.78 is 13.0. The Morgan fingerprint density at radius 1 is 1.50 bits per heavy atom. The molecule has 88 valence electrons. The maximum atomic E-state index is 13.0. The fourth-order valence-corrected chi connectivity index (χ4v) is 1.21. The maximum absolute atomic E-state index is 13.0. The van der Waals surface area contributed by atoms with Gasteiger partial charge in [-0.05, 0) is 18.1 Å². The van der Waals surface area contributed by atoms with E-state index in [4.69, 9.17) is 5.11 Å². The average Bonchev–Trinajstić information content (AvgIpc) is 2.22.